The topological polar surface area (TPSA) is 88.4 Å². The van der Waals surface area contributed by atoms with Crippen LogP contribution in [-0.4, -0.2) is 31.9 Å². The van der Waals surface area contributed by atoms with Gasteiger partial charge >= 0.3 is 5.97 Å². The zero-order chi connectivity index (χ0) is 30.8. The van der Waals surface area contributed by atoms with Crippen molar-refractivity contribution < 1.29 is 23.7 Å². The number of methoxy groups -OCH3 is 3. The SMILES string of the molecule is COC(=O)C1=C(C)N=c2s/c(=C\c3ccc(OCc4ccc(Cl)c(Cl)c4)c(OC)c3)c(=O)n2[C@H]1c1cc(Cl)ccc1OC. The summed E-state index contributed by atoms with van der Waals surface area (Å²) >= 11 is 19.7. The van der Waals surface area contributed by atoms with Gasteiger partial charge in [-0.25, -0.2) is 9.79 Å². The van der Waals surface area contributed by atoms with Gasteiger partial charge < -0.3 is 18.9 Å². The highest BCUT2D eigenvalue weighted by atomic mass is 35.5. The lowest BCUT2D eigenvalue weighted by Crippen LogP contribution is -2.40. The minimum Gasteiger partial charge on any atom is -0.496 e. The molecule has 1 aliphatic heterocycles. The average Bonchev–Trinajstić information content (AvgIpc) is 3.30. The van der Waals surface area contributed by atoms with Crippen molar-refractivity contribution in [2.24, 2.45) is 4.99 Å². The van der Waals surface area contributed by atoms with E-state index >= 15 is 0 Å². The fraction of sp³-hybridized carbons (Fsp3) is 0.194. The molecule has 2 heterocycles. The van der Waals surface area contributed by atoms with Gasteiger partial charge in [-0.1, -0.05) is 58.3 Å². The second-order valence-corrected chi connectivity index (χ2v) is 11.7. The number of carbonyl (C=O) groups excluding carboxylic acids is 1. The van der Waals surface area contributed by atoms with Crippen LogP contribution in [0.5, 0.6) is 17.2 Å². The number of thiazole rings is 1. The highest BCUT2D eigenvalue weighted by Gasteiger charge is 2.35. The molecular weight excluding hydrogens is 635 g/mol. The van der Waals surface area contributed by atoms with Crippen molar-refractivity contribution in [1.82, 2.24) is 4.57 Å². The van der Waals surface area contributed by atoms with Crippen LogP contribution in [0.1, 0.15) is 29.7 Å². The lowest BCUT2D eigenvalue weighted by atomic mass is 9.95. The Balaban J connectivity index is 1.56. The predicted octanol–water partition coefficient (Wildman–Crippen LogP) is 5.96. The third kappa shape index (κ3) is 6.17. The van der Waals surface area contributed by atoms with Crippen LogP contribution >= 0.6 is 46.1 Å². The van der Waals surface area contributed by atoms with E-state index in [0.717, 1.165) is 5.56 Å². The van der Waals surface area contributed by atoms with Crippen LogP contribution in [0.25, 0.3) is 6.08 Å². The maximum atomic E-state index is 13.9. The molecule has 0 spiro atoms. The normalized spacial score (nSPS) is 14.7. The minimum atomic E-state index is -0.869. The zero-order valence-corrected chi connectivity index (χ0v) is 26.5. The molecule has 0 bridgehead atoms. The molecule has 43 heavy (non-hydrogen) atoms. The first-order valence-electron chi connectivity index (χ1n) is 12.8. The number of rotatable bonds is 8. The van der Waals surface area contributed by atoms with Crippen molar-refractivity contribution in [3.63, 3.8) is 0 Å². The van der Waals surface area contributed by atoms with Crippen molar-refractivity contribution in [2.75, 3.05) is 21.3 Å². The van der Waals surface area contributed by atoms with Crippen molar-refractivity contribution in [2.45, 2.75) is 19.6 Å². The van der Waals surface area contributed by atoms with Gasteiger partial charge in [-0.05, 0) is 66.6 Å². The molecule has 0 saturated carbocycles. The lowest BCUT2D eigenvalue weighted by Gasteiger charge is -2.25. The predicted molar refractivity (Wildman–Crippen MR) is 168 cm³/mol. The number of ether oxygens (including phenoxy) is 4. The van der Waals surface area contributed by atoms with Gasteiger partial charge in [-0.3, -0.25) is 9.36 Å². The summed E-state index contributed by atoms with van der Waals surface area (Å²) in [5.41, 5.74) is 2.37. The van der Waals surface area contributed by atoms with Crippen molar-refractivity contribution in [3.05, 3.63) is 117 Å². The Morgan fingerprint density at radius 2 is 1.70 bits per heavy atom. The Kier molecular flexibility index (Phi) is 9.17. The summed E-state index contributed by atoms with van der Waals surface area (Å²) in [6, 6.07) is 14.8. The molecule has 5 rings (SSSR count). The Hall–Kier alpha value is -3.76. The third-order valence-corrected chi connectivity index (χ3v) is 8.73. The highest BCUT2D eigenvalue weighted by Crippen LogP contribution is 2.37. The van der Waals surface area contributed by atoms with Gasteiger partial charge in [0.2, 0.25) is 0 Å². The summed E-state index contributed by atoms with van der Waals surface area (Å²) < 4.78 is 24.1. The molecule has 1 aliphatic rings. The fourth-order valence-electron chi connectivity index (χ4n) is 4.74. The quantitative estimate of drug-likeness (QED) is 0.217. The number of aromatic nitrogens is 1. The molecule has 0 unspecified atom stereocenters. The van der Waals surface area contributed by atoms with Gasteiger partial charge in [0.25, 0.3) is 5.56 Å². The summed E-state index contributed by atoms with van der Waals surface area (Å²) in [5, 5.41) is 1.33. The zero-order valence-electron chi connectivity index (χ0n) is 23.4. The van der Waals surface area contributed by atoms with Gasteiger partial charge in [0.1, 0.15) is 18.4 Å². The summed E-state index contributed by atoms with van der Waals surface area (Å²) in [4.78, 5) is 31.9. The van der Waals surface area contributed by atoms with Gasteiger partial charge in [0.15, 0.2) is 16.3 Å². The van der Waals surface area contributed by atoms with E-state index in [1.807, 2.05) is 12.1 Å². The number of allylic oxidation sites excluding steroid dienone is 1. The standard InChI is InChI=1S/C31H25Cl3N2O6S/c1-16-27(30(38)41-4)28(20-14-19(32)7-10-23(20)39-2)36-29(37)26(43-31(36)35-16)13-17-6-9-24(25(12-17)40-3)42-15-18-5-8-21(33)22(34)11-18/h5-14,28H,15H2,1-4H3/b26-13-/t28-/m0/s1. The third-order valence-electron chi connectivity index (χ3n) is 6.78. The summed E-state index contributed by atoms with van der Waals surface area (Å²) in [6.07, 6.45) is 1.73. The first-order valence-corrected chi connectivity index (χ1v) is 14.8. The van der Waals surface area contributed by atoms with Gasteiger partial charge in [0, 0.05) is 10.6 Å². The van der Waals surface area contributed by atoms with E-state index in [1.54, 1.807) is 55.5 Å². The molecule has 4 aromatic rings. The fourth-order valence-corrected chi connectivity index (χ4v) is 6.29. The Morgan fingerprint density at radius 1 is 0.953 bits per heavy atom. The van der Waals surface area contributed by atoms with E-state index in [0.29, 0.717) is 58.5 Å². The molecule has 12 heteroatoms. The number of fused-ring (bicyclic) bond motifs is 1. The van der Waals surface area contributed by atoms with Gasteiger partial charge in [-0.15, -0.1) is 0 Å². The Morgan fingerprint density at radius 3 is 2.40 bits per heavy atom. The van der Waals surface area contributed by atoms with Crippen LogP contribution in [0, 0.1) is 0 Å². The largest absolute Gasteiger partial charge is 0.496 e. The number of benzene rings is 3. The first-order chi connectivity index (χ1) is 20.6. The van der Waals surface area contributed by atoms with E-state index in [1.165, 1.54) is 37.2 Å². The van der Waals surface area contributed by atoms with E-state index in [4.69, 9.17) is 53.8 Å². The van der Waals surface area contributed by atoms with E-state index < -0.39 is 12.0 Å². The number of nitrogens with zero attached hydrogens (tertiary/aromatic N) is 2. The second kappa shape index (κ2) is 12.9. The summed E-state index contributed by atoms with van der Waals surface area (Å²) in [6.45, 7) is 1.95. The van der Waals surface area contributed by atoms with Crippen LogP contribution in [-0.2, 0) is 16.1 Å². The van der Waals surface area contributed by atoms with Crippen molar-refractivity contribution in [1.29, 1.82) is 0 Å². The summed E-state index contributed by atoms with van der Waals surface area (Å²) in [5.74, 6) is 0.843. The van der Waals surface area contributed by atoms with Crippen LogP contribution in [0.3, 0.4) is 0 Å². The highest BCUT2D eigenvalue weighted by molar-refractivity contribution is 7.07. The average molecular weight is 660 g/mol. The molecule has 0 saturated heterocycles. The number of hydrogen-bond donors (Lipinski definition) is 0. The molecule has 0 N–H and O–H groups in total. The van der Waals surface area contributed by atoms with E-state index in [9.17, 15) is 9.59 Å². The van der Waals surface area contributed by atoms with Crippen molar-refractivity contribution >= 4 is 58.2 Å². The number of halogens is 3. The molecule has 1 aromatic heterocycles. The monoisotopic (exact) mass is 658 g/mol. The molecule has 0 aliphatic carbocycles. The lowest BCUT2D eigenvalue weighted by molar-refractivity contribution is -0.136. The molecule has 0 fully saturated rings. The van der Waals surface area contributed by atoms with Gasteiger partial charge in [0.05, 0.1) is 47.2 Å². The molecule has 0 amide bonds. The maximum Gasteiger partial charge on any atom is 0.338 e. The Bertz CT molecular complexity index is 1950. The first kappa shape index (κ1) is 30.7. The number of esters is 1. The molecule has 1 atom stereocenters. The second-order valence-electron chi connectivity index (χ2n) is 9.41. The van der Waals surface area contributed by atoms with E-state index in [-0.39, 0.29) is 17.7 Å². The van der Waals surface area contributed by atoms with Crippen LogP contribution in [0.4, 0.5) is 0 Å². The van der Waals surface area contributed by atoms with Gasteiger partial charge in [-0.2, -0.15) is 0 Å². The summed E-state index contributed by atoms with van der Waals surface area (Å²) in [7, 11) is 4.33. The molecule has 0 radical (unpaired) electrons. The van der Waals surface area contributed by atoms with E-state index in [2.05, 4.69) is 4.99 Å². The number of carbonyl (C=O) groups is 1. The molecule has 222 valence electrons. The van der Waals surface area contributed by atoms with Crippen LogP contribution in [0.15, 0.2) is 75.7 Å². The Labute approximate surface area is 266 Å². The smallest absolute Gasteiger partial charge is 0.338 e. The molecule has 3 aromatic carbocycles. The van der Waals surface area contributed by atoms with Crippen LogP contribution < -0.4 is 29.1 Å². The maximum absolute atomic E-state index is 13.9. The minimum absolute atomic E-state index is 0.215. The van der Waals surface area contributed by atoms with Crippen molar-refractivity contribution in [3.8, 4) is 17.2 Å². The molecule has 8 nitrogen and oxygen atoms in total. The molecular formula is C31H25Cl3N2O6S. The number of hydrogen-bond acceptors (Lipinski definition) is 8. The van der Waals surface area contributed by atoms with Crippen LogP contribution in [0.2, 0.25) is 15.1 Å².